The Kier molecular flexibility index (Phi) is 4.86. The van der Waals surface area contributed by atoms with Crippen molar-refractivity contribution in [2.75, 3.05) is 5.32 Å². The molecule has 2 heterocycles. The summed E-state index contributed by atoms with van der Waals surface area (Å²) in [5.41, 5.74) is 7.56. The first-order valence-electron chi connectivity index (χ1n) is 10.4. The van der Waals surface area contributed by atoms with Gasteiger partial charge in [-0.2, -0.15) is 0 Å². The highest BCUT2D eigenvalue weighted by Crippen LogP contribution is 2.27. The van der Waals surface area contributed by atoms with Crippen molar-refractivity contribution >= 4 is 22.7 Å². The third kappa shape index (κ3) is 3.81. The van der Waals surface area contributed by atoms with Crippen LogP contribution in [0.2, 0.25) is 0 Å². The molecule has 0 aliphatic carbocycles. The Hall–Kier alpha value is -4.12. The van der Waals surface area contributed by atoms with E-state index in [1.54, 1.807) is 6.07 Å². The van der Waals surface area contributed by atoms with E-state index in [9.17, 15) is 4.79 Å². The summed E-state index contributed by atoms with van der Waals surface area (Å²) < 4.78 is 11.6. The molecule has 5 rings (SSSR count). The molecule has 1 amide bonds. The summed E-state index contributed by atoms with van der Waals surface area (Å²) >= 11 is 0. The molecule has 0 spiro atoms. The maximum absolute atomic E-state index is 12.6. The Morgan fingerprint density at radius 2 is 1.56 bits per heavy atom. The molecule has 1 N–H and O–H groups in total. The second kappa shape index (κ2) is 7.85. The van der Waals surface area contributed by atoms with Crippen molar-refractivity contribution in [3.05, 3.63) is 95.2 Å². The lowest BCUT2D eigenvalue weighted by molar-refractivity contribution is 0.0997. The minimum Gasteiger partial charge on any atom is -0.451 e. The van der Waals surface area contributed by atoms with Crippen LogP contribution in [0.5, 0.6) is 0 Å². The molecule has 3 aromatic carbocycles. The number of nitrogens with one attached hydrogen (secondary N) is 1. The van der Waals surface area contributed by atoms with E-state index in [1.807, 2.05) is 67.6 Å². The zero-order chi connectivity index (χ0) is 22.2. The van der Waals surface area contributed by atoms with Gasteiger partial charge in [0.05, 0.1) is 0 Å². The molecule has 0 atom stereocenters. The quantitative estimate of drug-likeness (QED) is 0.341. The Morgan fingerprint density at radius 1 is 0.781 bits per heavy atom. The number of aromatic nitrogens is 1. The summed E-state index contributed by atoms with van der Waals surface area (Å²) in [6.45, 7) is 6.15. The Bertz CT molecular complexity index is 1440. The van der Waals surface area contributed by atoms with Gasteiger partial charge in [0.25, 0.3) is 5.91 Å². The molecule has 2 aromatic heterocycles. The van der Waals surface area contributed by atoms with Crippen molar-refractivity contribution in [1.29, 1.82) is 0 Å². The maximum Gasteiger partial charge on any atom is 0.291 e. The lowest BCUT2D eigenvalue weighted by Gasteiger charge is -2.05. The zero-order valence-electron chi connectivity index (χ0n) is 18.1. The van der Waals surface area contributed by atoms with Crippen LogP contribution in [0.1, 0.15) is 27.2 Å². The minimum atomic E-state index is -0.301. The molecule has 32 heavy (non-hydrogen) atoms. The molecular formula is C27H22N2O3. The fraction of sp³-hybridized carbons (Fsp3) is 0.111. The standard InChI is InChI=1S/C27H22N2O3/c1-16-4-11-24-22(14-16)29-27(32-24)19-7-9-21(10-8-19)28-26(30)25-13-12-23(31-25)20-6-5-17(2)18(3)15-20/h4-15H,1-3H3,(H,28,30). The van der Waals surface area contributed by atoms with Crippen molar-refractivity contribution in [3.63, 3.8) is 0 Å². The van der Waals surface area contributed by atoms with E-state index in [1.165, 1.54) is 11.1 Å². The number of hydrogen-bond acceptors (Lipinski definition) is 4. The van der Waals surface area contributed by atoms with Gasteiger partial charge in [0.15, 0.2) is 11.3 Å². The van der Waals surface area contributed by atoms with Gasteiger partial charge in [0.2, 0.25) is 5.89 Å². The summed E-state index contributed by atoms with van der Waals surface area (Å²) in [4.78, 5) is 17.2. The molecule has 0 radical (unpaired) electrons. The number of nitrogens with zero attached hydrogens (tertiary/aromatic N) is 1. The van der Waals surface area contributed by atoms with Crippen molar-refractivity contribution in [2.24, 2.45) is 0 Å². The van der Waals surface area contributed by atoms with E-state index in [4.69, 9.17) is 8.83 Å². The monoisotopic (exact) mass is 422 g/mol. The summed E-state index contributed by atoms with van der Waals surface area (Å²) in [6, 6.07) is 22.9. The van der Waals surface area contributed by atoms with Crippen LogP contribution in [-0.2, 0) is 0 Å². The molecule has 0 saturated carbocycles. The molecule has 5 heteroatoms. The van der Waals surface area contributed by atoms with Crippen molar-refractivity contribution in [2.45, 2.75) is 20.8 Å². The lowest BCUT2D eigenvalue weighted by Crippen LogP contribution is -2.10. The van der Waals surface area contributed by atoms with Crippen molar-refractivity contribution in [3.8, 4) is 22.8 Å². The normalized spacial score (nSPS) is 11.1. The zero-order valence-corrected chi connectivity index (χ0v) is 18.1. The van der Waals surface area contributed by atoms with Crippen LogP contribution in [0.4, 0.5) is 5.69 Å². The highest BCUT2D eigenvalue weighted by Gasteiger charge is 2.14. The highest BCUT2D eigenvalue weighted by atomic mass is 16.4. The number of amides is 1. The molecule has 158 valence electrons. The van der Waals surface area contributed by atoms with Gasteiger partial charge in [0.1, 0.15) is 11.3 Å². The van der Waals surface area contributed by atoms with E-state index in [2.05, 4.69) is 30.2 Å². The fourth-order valence-corrected chi connectivity index (χ4v) is 3.56. The smallest absolute Gasteiger partial charge is 0.291 e. The van der Waals surface area contributed by atoms with Gasteiger partial charge in [-0.3, -0.25) is 4.79 Å². The largest absolute Gasteiger partial charge is 0.451 e. The molecule has 0 unspecified atom stereocenters. The van der Waals surface area contributed by atoms with Gasteiger partial charge in [-0.05, 0) is 92.1 Å². The third-order valence-electron chi connectivity index (χ3n) is 5.55. The first-order chi connectivity index (χ1) is 15.5. The van der Waals surface area contributed by atoms with E-state index < -0.39 is 0 Å². The van der Waals surface area contributed by atoms with Crippen LogP contribution in [0, 0.1) is 20.8 Å². The number of furan rings is 1. The van der Waals surface area contributed by atoms with Gasteiger partial charge in [-0.15, -0.1) is 0 Å². The predicted octanol–water partition coefficient (Wildman–Crippen LogP) is 6.93. The van der Waals surface area contributed by atoms with E-state index >= 15 is 0 Å². The van der Waals surface area contributed by atoms with Crippen LogP contribution in [-0.4, -0.2) is 10.9 Å². The van der Waals surface area contributed by atoms with Gasteiger partial charge in [-0.25, -0.2) is 4.98 Å². The average Bonchev–Trinajstić information content (AvgIpc) is 3.43. The second-order valence-corrected chi connectivity index (χ2v) is 7.98. The number of carbonyl (C=O) groups excluding carboxylic acids is 1. The molecular weight excluding hydrogens is 400 g/mol. The van der Waals surface area contributed by atoms with Crippen LogP contribution < -0.4 is 5.32 Å². The number of aryl methyl sites for hydroxylation is 3. The molecule has 5 aromatic rings. The third-order valence-corrected chi connectivity index (χ3v) is 5.55. The molecule has 0 fully saturated rings. The number of fused-ring (bicyclic) bond motifs is 1. The number of benzene rings is 3. The summed E-state index contributed by atoms with van der Waals surface area (Å²) in [6.07, 6.45) is 0. The first-order valence-corrected chi connectivity index (χ1v) is 10.4. The van der Waals surface area contributed by atoms with E-state index in [0.717, 1.165) is 27.8 Å². The maximum atomic E-state index is 12.6. The lowest BCUT2D eigenvalue weighted by atomic mass is 10.1. The molecule has 0 aliphatic heterocycles. The number of oxazole rings is 1. The van der Waals surface area contributed by atoms with Gasteiger partial charge < -0.3 is 14.2 Å². The average molecular weight is 422 g/mol. The Morgan fingerprint density at radius 3 is 2.34 bits per heavy atom. The summed E-state index contributed by atoms with van der Waals surface area (Å²) in [5, 5.41) is 2.87. The first kappa shape index (κ1) is 19.8. The predicted molar refractivity (Wildman–Crippen MR) is 126 cm³/mol. The van der Waals surface area contributed by atoms with Crippen molar-refractivity contribution in [1.82, 2.24) is 4.98 Å². The van der Waals surface area contributed by atoms with E-state index in [0.29, 0.717) is 17.3 Å². The van der Waals surface area contributed by atoms with Crippen molar-refractivity contribution < 1.29 is 13.6 Å². The highest BCUT2D eigenvalue weighted by molar-refractivity contribution is 6.02. The number of carbonyl (C=O) groups is 1. The topological polar surface area (TPSA) is 68.3 Å². The summed E-state index contributed by atoms with van der Waals surface area (Å²) in [7, 11) is 0. The SMILES string of the molecule is Cc1ccc2oc(-c3ccc(NC(=O)c4ccc(-c5ccc(C)c(C)c5)o4)cc3)nc2c1. The van der Waals surface area contributed by atoms with Gasteiger partial charge >= 0.3 is 0 Å². The number of rotatable bonds is 4. The molecule has 0 bridgehead atoms. The van der Waals surface area contributed by atoms with Gasteiger partial charge in [0, 0.05) is 16.8 Å². The molecule has 0 saturated heterocycles. The second-order valence-electron chi connectivity index (χ2n) is 7.98. The molecule has 0 aliphatic rings. The van der Waals surface area contributed by atoms with Crippen LogP contribution in [0.25, 0.3) is 33.9 Å². The summed E-state index contributed by atoms with van der Waals surface area (Å²) in [5.74, 6) is 1.18. The Labute approximate surface area is 185 Å². The van der Waals surface area contributed by atoms with Crippen LogP contribution >= 0.6 is 0 Å². The number of hydrogen-bond donors (Lipinski definition) is 1. The molecule has 5 nitrogen and oxygen atoms in total. The van der Waals surface area contributed by atoms with Gasteiger partial charge in [-0.1, -0.05) is 18.2 Å². The minimum absolute atomic E-state index is 0.261. The van der Waals surface area contributed by atoms with Crippen LogP contribution in [0.15, 0.2) is 81.6 Å². The van der Waals surface area contributed by atoms with Crippen LogP contribution in [0.3, 0.4) is 0 Å². The Balaban J connectivity index is 1.31. The number of anilines is 1. The fourth-order valence-electron chi connectivity index (χ4n) is 3.56. The van der Waals surface area contributed by atoms with E-state index in [-0.39, 0.29) is 11.7 Å².